The highest BCUT2D eigenvalue weighted by Gasteiger charge is 2.22. The van der Waals surface area contributed by atoms with Crippen molar-refractivity contribution in [2.24, 2.45) is 5.10 Å². The summed E-state index contributed by atoms with van der Waals surface area (Å²) < 4.78 is 26.6. The van der Waals surface area contributed by atoms with E-state index in [1.54, 1.807) is 32.2 Å². The number of carbonyl (C=O) groups excluding carboxylic acids is 1. The summed E-state index contributed by atoms with van der Waals surface area (Å²) in [6, 6.07) is 13.9. The van der Waals surface area contributed by atoms with Crippen LogP contribution in [0.3, 0.4) is 0 Å². The van der Waals surface area contributed by atoms with Gasteiger partial charge in [0.25, 0.3) is 5.91 Å². The zero-order chi connectivity index (χ0) is 22.1. The molecule has 0 bridgehead atoms. The Bertz CT molecular complexity index is 964. The minimum atomic E-state index is -3.63. The first kappa shape index (κ1) is 23.6. The molecule has 2 rings (SSSR count). The molecule has 0 radical (unpaired) electrons. The van der Waals surface area contributed by atoms with Crippen LogP contribution >= 0.6 is 0 Å². The highest BCUT2D eigenvalue weighted by molar-refractivity contribution is 7.89. The fourth-order valence-electron chi connectivity index (χ4n) is 3.10. The largest absolute Gasteiger partial charge is 0.372 e. The molecule has 7 nitrogen and oxygen atoms in total. The summed E-state index contributed by atoms with van der Waals surface area (Å²) in [7, 11) is -3.63. The van der Waals surface area contributed by atoms with Gasteiger partial charge < -0.3 is 4.90 Å². The van der Waals surface area contributed by atoms with Gasteiger partial charge in [-0.05, 0) is 49.7 Å². The van der Waals surface area contributed by atoms with Crippen LogP contribution in [0.25, 0.3) is 0 Å². The normalized spacial score (nSPS) is 11.8. The van der Waals surface area contributed by atoms with Gasteiger partial charge in [-0.15, -0.1) is 0 Å². The van der Waals surface area contributed by atoms with Crippen LogP contribution < -0.4 is 10.3 Å². The van der Waals surface area contributed by atoms with E-state index in [9.17, 15) is 13.2 Å². The van der Waals surface area contributed by atoms with E-state index in [1.165, 1.54) is 16.4 Å². The predicted octanol–water partition coefficient (Wildman–Crippen LogP) is 3.33. The Balaban J connectivity index is 2.08. The first-order valence-corrected chi connectivity index (χ1v) is 11.6. The number of rotatable bonds is 10. The summed E-state index contributed by atoms with van der Waals surface area (Å²) in [4.78, 5) is 14.7. The SMILES string of the molecule is CCN(CC)c1ccc(/C=N/NC(=O)c2cccc(S(=O)(=O)N(CC)CC)c2)cc1. The molecule has 1 amide bonds. The first-order chi connectivity index (χ1) is 14.4. The highest BCUT2D eigenvalue weighted by Crippen LogP contribution is 2.17. The molecule has 0 saturated heterocycles. The predicted molar refractivity (Wildman–Crippen MR) is 122 cm³/mol. The summed E-state index contributed by atoms with van der Waals surface area (Å²) >= 11 is 0. The minimum Gasteiger partial charge on any atom is -0.372 e. The second kappa shape index (κ2) is 10.9. The number of nitrogens with one attached hydrogen (secondary N) is 1. The van der Waals surface area contributed by atoms with Crippen LogP contribution in [0, 0.1) is 0 Å². The Labute approximate surface area is 179 Å². The van der Waals surface area contributed by atoms with Crippen molar-refractivity contribution in [2.45, 2.75) is 32.6 Å². The van der Waals surface area contributed by atoms with Crippen molar-refractivity contribution >= 4 is 27.8 Å². The number of hydrazone groups is 1. The third kappa shape index (κ3) is 5.67. The van der Waals surface area contributed by atoms with Crippen LogP contribution in [0.15, 0.2) is 58.5 Å². The van der Waals surface area contributed by atoms with Crippen LogP contribution in [0.4, 0.5) is 5.69 Å². The van der Waals surface area contributed by atoms with Crippen LogP contribution in [-0.4, -0.2) is 51.0 Å². The van der Waals surface area contributed by atoms with Gasteiger partial charge in [0.05, 0.1) is 11.1 Å². The van der Waals surface area contributed by atoms with Crippen molar-refractivity contribution in [3.8, 4) is 0 Å². The van der Waals surface area contributed by atoms with E-state index < -0.39 is 15.9 Å². The molecule has 0 aliphatic heterocycles. The van der Waals surface area contributed by atoms with E-state index in [0.29, 0.717) is 13.1 Å². The molecule has 30 heavy (non-hydrogen) atoms. The van der Waals surface area contributed by atoms with Crippen LogP contribution in [0.5, 0.6) is 0 Å². The molecule has 162 valence electrons. The van der Waals surface area contributed by atoms with Crippen molar-refractivity contribution in [3.63, 3.8) is 0 Å². The lowest BCUT2D eigenvalue weighted by Gasteiger charge is -2.20. The van der Waals surface area contributed by atoms with E-state index >= 15 is 0 Å². The van der Waals surface area contributed by atoms with Gasteiger partial charge in [-0.3, -0.25) is 4.79 Å². The summed E-state index contributed by atoms with van der Waals surface area (Å²) in [5.41, 5.74) is 4.67. The van der Waals surface area contributed by atoms with Gasteiger partial charge in [-0.2, -0.15) is 9.41 Å². The Morgan fingerprint density at radius 1 is 0.967 bits per heavy atom. The maximum absolute atomic E-state index is 12.6. The van der Waals surface area contributed by atoms with Crippen molar-refractivity contribution in [2.75, 3.05) is 31.1 Å². The molecule has 0 aromatic heterocycles. The van der Waals surface area contributed by atoms with Crippen LogP contribution in [-0.2, 0) is 10.0 Å². The maximum atomic E-state index is 12.6. The quantitative estimate of drug-likeness (QED) is 0.463. The fraction of sp³-hybridized carbons (Fsp3) is 0.364. The second-order valence-corrected chi connectivity index (χ2v) is 8.52. The van der Waals surface area contributed by atoms with Crippen molar-refractivity contribution in [3.05, 3.63) is 59.7 Å². The molecule has 2 aromatic rings. The molecule has 0 heterocycles. The average molecular weight is 431 g/mol. The standard InChI is InChI=1S/C22H30N4O3S/c1-5-25(6-2)20-14-12-18(13-15-20)17-23-24-22(27)19-10-9-11-21(16-19)30(28,29)26(7-3)8-4/h9-17H,5-8H2,1-4H3,(H,24,27)/b23-17+. The zero-order valence-electron chi connectivity index (χ0n) is 18.0. The maximum Gasteiger partial charge on any atom is 0.271 e. The molecule has 0 saturated carbocycles. The van der Waals surface area contributed by atoms with E-state index in [1.807, 2.05) is 24.3 Å². The molecule has 0 aliphatic rings. The Morgan fingerprint density at radius 2 is 1.60 bits per heavy atom. The van der Waals surface area contributed by atoms with Gasteiger partial charge >= 0.3 is 0 Å². The molecule has 0 atom stereocenters. The summed E-state index contributed by atoms with van der Waals surface area (Å²) in [6.07, 6.45) is 1.56. The number of hydrogen-bond donors (Lipinski definition) is 1. The lowest BCUT2D eigenvalue weighted by atomic mass is 10.2. The molecule has 2 aromatic carbocycles. The van der Waals surface area contributed by atoms with Crippen LogP contribution in [0.1, 0.15) is 43.6 Å². The van der Waals surface area contributed by atoms with E-state index in [4.69, 9.17) is 0 Å². The molecule has 0 unspecified atom stereocenters. The number of carbonyl (C=O) groups is 1. The molecular formula is C22H30N4O3S. The van der Waals surface area contributed by atoms with Crippen molar-refractivity contribution in [1.82, 2.24) is 9.73 Å². The van der Waals surface area contributed by atoms with Gasteiger partial charge in [0.1, 0.15) is 0 Å². The Morgan fingerprint density at radius 3 is 2.17 bits per heavy atom. The van der Waals surface area contributed by atoms with Crippen LogP contribution in [0.2, 0.25) is 0 Å². The van der Waals surface area contributed by atoms with Crippen molar-refractivity contribution in [1.29, 1.82) is 0 Å². The van der Waals surface area contributed by atoms with E-state index in [-0.39, 0.29) is 10.5 Å². The molecule has 1 N–H and O–H groups in total. The second-order valence-electron chi connectivity index (χ2n) is 6.58. The zero-order valence-corrected chi connectivity index (χ0v) is 18.8. The summed E-state index contributed by atoms with van der Waals surface area (Å²) in [5.74, 6) is -0.470. The topological polar surface area (TPSA) is 82.1 Å². The first-order valence-electron chi connectivity index (χ1n) is 10.2. The molecule has 8 heteroatoms. The van der Waals surface area contributed by atoms with Gasteiger partial charge in [0.2, 0.25) is 10.0 Å². The van der Waals surface area contributed by atoms with Gasteiger partial charge in [-0.25, -0.2) is 13.8 Å². The Hall–Kier alpha value is -2.71. The third-order valence-electron chi connectivity index (χ3n) is 4.84. The Kier molecular flexibility index (Phi) is 8.56. The van der Waals surface area contributed by atoms with Crippen molar-refractivity contribution < 1.29 is 13.2 Å². The smallest absolute Gasteiger partial charge is 0.271 e. The number of amides is 1. The summed E-state index contributed by atoms with van der Waals surface area (Å²) in [6.45, 7) is 10.4. The third-order valence-corrected chi connectivity index (χ3v) is 6.89. The number of hydrogen-bond acceptors (Lipinski definition) is 5. The monoisotopic (exact) mass is 430 g/mol. The average Bonchev–Trinajstić information content (AvgIpc) is 2.76. The number of benzene rings is 2. The van der Waals surface area contributed by atoms with Gasteiger partial charge in [0, 0.05) is 37.4 Å². The molecular weight excluding hydrogens is 400 g/mol. The lowest BCUT2D eigenvalue weighted by molar-refractivity contribution is 0.0955. The fourth-order valence-corrected chi connectivity index (χ4v) is 4.60. The summed E-state index contributed by atoms with van der Waals surface area (Å²) in [5, 5.41) is 3.99. The molecule has 0 spiro atoms. The molecule has 0 aliphatic carbocycles. The highest BCUT2D eigenvalue weighted by atomic mass is 32.2. The lowest BCUT2D eigenvalue weighted by Crippen LogP contribution is -2.30. The van der Waals surface area contributed by atoms with E-state index in [0.717, 1.165) is 24.3 Å². The number of nitrogens with zero attached hydrogens (tertiary/aromatic N) is 3. The number of anilines is 1. The van der Waals surface area contributed by atoms with E-state index in [2.05, 4.69) is 29.3 Å². The van der Waals surface area contributed by atoms with Gasteiger partial charge in [-0.1, -0.05) is 32.0 Å². The molecule has 0 fully saturated rings. The number of sulfonamides is 1. The minimum absolute atomic E-state index is 0.0924. The van der Waals surface area contributed by atoms with Gasteiger partial charge in [0.15, 0.2) is 0 Å².